The highest BCUT2D eigenvalue weighted by atomic mass is 35.5. The molecule has 0 spiro atoms. The van der Waals surface area contributed by atoms with Crippen LogP contribution in [0.4, 0.5) is 0 Å². The summed E-state index contributed by atoms with van der Waals surface area (Å²) in [5.41, 5.74) is 0.106. The Morgan fingerprint density at radius 2 is 2.00 bits per heavy atom. The number of benzene rings is 1. The Balaban J connectivity index is 2.14. The maximum atomic E-state index is 12.1. The van der Waals surface area contributed by atoms with Gasteiger partial charge in [-0.3, -0.25) is 4.79 Å². The van der Waals surface area contributed by atoms with Crippen molar-refractivity contribution in [1.82, 2.24) is 10.3 Å². The molecule has 0 aliphatic rings. The van der Waals surface area contributed by atoms with E-state index in [9.17, 15) is 4.79 Å². The van der Waals surface area contributed by atoms with E-state index in [1.165, 1.54) is 11.3 Å². The van der Waals surface area contributed by atoms with Crippen LogP contribution in [0.2, 0.25) is 5.02 Å². The van der Waals surface area contributed by atoms with E-state index in [0.29, 0.717) is 10.6 Å². The molecule has 2 rings (SSSR count). The third-order valence-corrected chi connectivity index (χ3v) is 3.85. The lowest BCUT2D eigenvalue weighted by Crippen LogP contribution is -2.40. The van der Waals surface area contributed by atoms with Crippen LogP contribution in [0.3, 0.4) is 0 Å². The summed E-state index contributed by atoms with van der Waals surface area (Å²) >= 11 is 7.31. The molecule has 0 fully saturated rings. The highest BCUT2D eigenvalue weighted by molar-refractivity contribution is 7.09. The van der Waals surface area contributed by atoms with E-state index in [1.807, 2.05) is 19.2 Å². The van der Waals surface area contributed by atoms with Crippen molar-refractivity contribution in [3.8, 4) is 0 Å². The Morgan fingerprint density at radius 3 is 2.56 bits per heavy atom. The summed E-state index contributed by atoms with van der Waals surface area (Å²) in [7, 11) is 0. The molecule has 0 unspecified atom stereocenters. The van der Waals surface area contributed by atoms with Gasteiger partial charge in [0.2, 0.25) is 0 Å². The van der Waals surface area contributed by atoms with Crippen molar-refractivity contribution in [3.63, 3.8) is 0 Å². The molecule has 1 N–H and O–H groups in total. The molecule has 1 aromatic carbocycles. The molecule has 18 heavy (non-hydrogen) atoms. The van der Waals surface area contributed by atoms with Crippen LogP contribution in [-0.2, 0) is 5.54 Å². The van der Waals surface area contributed by atoms with Crippen LogP contribution in [0.25, 0.3) is 0 Å². The summed E-state index contributed by atoms with van der Waals surface area (Å²) in [6.07, 6.45) is 1.73. The van der Waals surface area contributed by atoms with Gasteiger partial charge in [0.15, 0.2) is 0 Å². The third kappa shape index (κ3) is 2.89. The number of nitrogens with zero attached hydrogens (tertiary/aromatic N) is 1. The molecule has 5 heteroatoms. The molecule has 1 amide bonds. The number of rotatable bonds is 3. The largest absolute Gasteiger partial charge is 0.341 e. The highest BCUT2D eigenvalue weighted by Crippen LogP contribution is 2.22. The van der Waals surface area contributed by atoms with Crippen LogP contribution in [0.5, 0.6) is 0 Å². The predicted octanol–water partition coefficient (Wildman–Crippen LogP) is 3.46. The quantitative estimate of drug-likeness (QED) is 0.935. The Hall–Kier alpha value is -1.39. The van der Waals surface area contributed by atoms with E-state index in [2.05, 4.69) is 10.3 Å². The van der Waals surface area contributed by atoms with E-state index in [4.69, 9.17) is 11.6 Å². The molecule has 0 saturated carbocycles. The molecule has 1 heterocycles. The minimum Gasteiger partial charge on any atom is -0.341 e. The van der Waals surface area contributed by atoms with Gasteiger partial charge in [-0.25, -0.2) is 4.98 Å². The standard InChI is InChI=1S/C13H13ClN2OS/c1-13(2,12-15-7-8-18-12)16-11(17)9-3-5-10(14)6-4-9/h3-8H,1-2H3,(H,16,17). The number of amides is 1. The molecule has 0 atom stereocenters. The second kappa shape index (κ2) is 5.08. The summed E-state index contributed by atoms with van der Waals surface area (Å²) in [6, 6.07) is 6.81. The van der Waals surface area contributed by atoms with E-state index in [-0.39, 0.29) is 5.91 Å². The summed E-state index contributed by atoms with van der Waals surface area (Å²) in [4.78, 5) is 16.3. The molecule has 0 radical (unpaired) electrons. The predicted molar refractivity (Wildman–Crippen MR) is 74.1 cm³/mol. The van der Waals surface area contributed by atoms with Gasteiger partial charge in [0, 0.05) is 22.2 Å². The zero-order chi connectivity index (χ0) is 13.2. The zero-order valence-corrected chi connectivity index (χ0v) is 11.7. The smallest absolute Gasteiger partial charge is 0.252 e. The highest BCUT2D eigenvalue weighted by Gasteiger charge is 2.25. The van der Waals surface area contributed by atoms with Crippen LogP contribution in [-0.4, -0.2) is 10.9 Å². The number of thiazole rings is 1. The Kier molecular flexibility index (Phi) is 3.68. The molecule has 0 aliphatic carbocycles. The van der Waals surface area contributed by atoms with Crippen LogP contribution in [0.1, 0.15) is 29.2 Å². The van der Waals surface area contributed by atoms with Crippen LogP contribution < -0.4 is 5.32 Å². The first-order valence-electron chi connectivity index (χ1n) is 5.47. The normalized spacial score (nSPS) is 11.3. The van der Waals surface area contributed by atoms with Gasteiger partial charge in [-0.2, -0.15) is 0 Å². The summed E-state index contributed by atoms with van der Waals surface area (Å²) in [6.45, 7) is 3.86. The number of carbonyl (C=O) groups is 1. The zero-order valence-electron chi connectivity index (χ0n) is 10.1. The van der Waals surface area contributed by atoms with Gasteiger partial charge >= 0.3 is 0 Å². The third-order valence-electron chi connectivity index (χ3n) is 2.50. The summed E-state index contributed by atoms with van der Waals surface area (Å²) < 4.78 is 0. The average molecular weight is 281 g/mol. The number of nitrogens with one attached hydrogen (secondary N) is 1. The van der Waals surface area contributed by atoms with Crippen molar-refractivity contribution < 1.29 is 4.79 Å². The van der Waals surface area contributed by atoms with Crippen molar-refractivity contribution in [3.05, 3.63) is 51.4 Å². The monoisotopic (exact) mass is 280 g/mol. The number of carbonyl (C=O) groups excluding carboxylic acids is 1. The van der Waals surface area contributed by atoms with Crippen molar-refractivity contribution in [2.75, 3.05) is 0 Å². The molecule has 1 aromatic heterocycles. The Bertz CT molecular complexity index is 535. The van der Waals surface area contributed by atoms with Crippen LogP contribution in [0.15, 0.2) is 35.8 Å². The fraction of sp³-hybridized carbons (Fsp3) is 0.231. The van der Waals surface area contributed by atoms with E-state index in [1.54, 1.807) is 30.5 Å². The number of hydrogen-bond acceptors (Lipinski definition) is 3. The molecule has 3 nitrogen and oxygen atoms in total. The first kappa shape index (κ1) is 13.1. The molecule has 94 valence electrons. The molecule has 0 aliphatic heterocycles. The van der Waals surface area contributed by atoms with Gasteiger partial charge in [-0.05, 0) is 38.1 Å². The van der Waals surface area contributed by atoms with Crippen LogP contribution >= 0.6 is 22.9 Å². The lowest BCUT2D eigenvalue weighted by molar-refractivity contribution is 0.0912. The minimum atomic E-state index is -0.481. The number of aromatic nitrogens is 1. The van der Waals surface area contributed by atoms with E-state index >= 15 is 0 Å². The number of halogens is 1. The van der Waals surface area contributed by atoms with Gasteiger partial charge in [-0.15, -0.1) is 11.3 Å². The van der Waals surface area contributed by atoms with Crippen LogP contribution in [0, 0.1) is 0 Å². The molecular formula is C13H13ClN2OS. The summed E-state index contributed by atoms with van der Waals surface area (Å²) in [5, 5.41) is 6.35. The lowest BCUT2D eigenvalue weighted by atomic mass is 10.1. The maximum Gasteiger partial charge on any atom is 0.252 e. The molecule has 0 bridgehead atoms. The average Bonchev–Trinajstić information content (AvgIpc) is 2.83. The minimum absolute atomic E-state index is 0.133. The Morgan fingerprint density at radius 1 is 1.33 bits per heavy atom. The first-order chi connectivity index (χ1) is 8.49. The molecule has 0 saturated heterocycles. The second-order valence-electron chi connectivity index (χ2n) is 4.42. The first-order valence-corrected chi connectivity index (χ1v) is 6.73. The summed E-state index contributed by atoms with van der Waals surface area (Å²) in [5.74, 6) is -0.133. The lowest BCUT2D eigenvalue weighted by Gasteiger charge is -2.23. The maximum absolute atomic E-state index is 12.1. The topological polar surface area (TPSA) is 42.0 Å². The van der Waals surface area contributed by atoms with Crippen molar-refractivity contribution in [2.24, 2.45) is 0 Å². The van der Waals surface area contributed by atoms with E-state index < -0.39 is 5.54 Å². The van der Waals surface area contributed by atoms with Crippen molar-refractivity contribution in [2.45, 2.75) is 19.4 Å². The fourth-order valence-corrected chi connectivity index (χ4v) is 2.39. The van der Waals surface area contributed by atoms with Gasteiger partial charge in [0.05, 0.1) is 5.54 Å². The van der Waals surface area contributed by atoms with E-state index in [0.717, 1.165) is 5.01 Å². The van der Waals surface area contributed by atoms with Gasteiger partial charge in [0.25, 0.3) is 5.91 Å². The van der Waals surface area contributed by atoms with Crippen molar-refractivity contribution in [1.29, 1.82) is 0 Å². The van der Waals surface area contributed by atoms with Gasteiger partial charge < -0.3 is 5.32 Å². The fourth-order valence-electron chi connectivity index (χ4n) is 1.54. The van der Waals surface area contributed by atoms with Gasteiger partial charge in [-0.1, -0.05) is 11.6 Å². The SMILES string of the molecule is CC(C)(NC(=O)c1ccc(Cl)cc1)c1nccs1. The van der Waals surface area contributed by atoms with Crippen molar-refractivity contribution >= 4 is 28.8 Å². The van der Waals surface area contributed by atoms with Gasteiger partial charge in [0.1, 0.15) is 5.01 Å². The number of hydrogen-bond donors (Lipinski definition) is 1. The molecule has 2 aromatic rings. The Labute approximate surface area is 115 Å². The molecular weight excluding hydrogens is 268 g/mol. The second-order valence-corrected chi connectivity index (χ2v) is 5.75.